The molecular weight excluding hydrogens is 397 g/mol. The summed E-state index contributed by atoms with van der Waals surface area (Å²) in [7, 11) is 1.31. The van der Waals surface area contributed by atoms with Crippen molar-refractivity contribution in [3.05, 3.63) is 64.4 Å². The zero-order valence-electron chi connectivity index (χ0n) is 16.2. The van der Waals surface area contributed by atoms with Crippen molar-refractivity contribution in [3.8, 4) is 0 Å². The maximum absolute atomic E-state index is 14.0. The molecule has 1 aliphatic heterocycles. The van der Waals surface area contributed by atoms with Crippen LogP contribution in [0.2, 0.25) is 5.02 Å². The van der Waals surface area contributed by atoms with Gasteiger partial charge in [0.05, 0.1) is 19.2 Å². The van der Waals surface area contributed by atoms with Crippen LogP contribution in [0, 0.1) is 5.82 Å². The van der Waals surface area contributed by atoms with Crippen LogP contribution in [0.5, 0.6) is 0 Å². The van der Waals surface area contributed by atoms with E-state index in [1.807, 2.05) is 4.90 Å². The molecule has 0 aromatic heterocycles. The van der Waals surface area contributed by atoms with Crippen LogP contribution in [0.15, 0.2) is 42.5 Å². The third-order valence-electron chi connectivity index (χ3n) is 4.84. The summed E-state index contributed by atoms with van der Waals surface area (Å²) in [5.41, 5.74) is 1.43. The molecular formula is C21H23ClFN3O3. The summed E-state index contributed by atoms with van der Waals surface area (Å²) in [5, 5.41) is 3.24. The van der Waals surface area contributed by atoms with E-state index >= 15 is 0 Å². The standard InChI is InChI=1S/C21H23ClFN3O3/c1-29-21(28)15-4-2-5-16(12-15)24-20(27)14-26-10-8-25(9-11-26)13-17-18(22)6-3-7-19(17)23/h2-7,12H,8-11,13-14H2,1H3,(H,24,27). The molecule has 6 nitrogen and oxygen atoms in total. The zero-order valence-corrected chi connectivity index (χ0v) is 16.9. The topological polar surface area (TPSA) is 61.9 Å². The number of benzene rings is 2. The number of methoxy groups -OCH3 is 1. The maximum atomic E-state index is 14.0. The monoisotopic (exact) mass is 419 g/mol. The maximum Gasteiger partial charge on any atom is 0.337 e. The average Bonchev–Trinajstić information content (AvgIpc) is 2.71. The first-order valence-electron chi connectivity index (χ1n) is 9.32. The third kappa shape index (κ3) is 5.76. The van der Waals surface area contributed by atoms with Gasteiger partial charge in [0.2, 0.25) is 5.91 Å². The van der Waals surface area contributed by atoms with Crippen LogP contribution in [0.4, 0.5) is 10.1 Å². The lowest BCUT2D eigenvalue weighted by Crippen LogP contribution is -2.48. The van der Waals surface area contributed by atoms with Crippen molar-refractivity contribution in [2.45, 2.75) is 6.54 Å². The largest absolute Gasteiger partial charge is 0.465 e. The van der Waals surface area contributed by atoms with Gasteiger partial charge in [-0.3, -0.25) is 14.6 Å². The number of ether oxygens (including phenoxy) is 1. The molecule has 0 spiro atoms. The van der Waals surface area contributed by atoms with E-state index in [0.29, 0.717) is 41.5 Å². The van der Waals surface area contributed by atoms with Gasteiger partial charge in [0.1, 0.15) is 5.82 Å². The second kappa shape index (κ2) is 9.82. The van der Waals surface area contributed by atoms with E-state index in [0.717, 1.165) is 13.1 Å². The second-order valence-electron chi connectivity index (χ2n) is 6.87. The Balaban J connectivity index is 1.48. The number of hydrogen-bond donors (Lipinski definition) is 1. The first-order valence-corrected chi connectivity index (χ1v) is 9.70. The normalized spacial score (nSPS) is 15.1. The average molecular weight is 420 g/mol. The highest BCUT2D eigenvalue weighted by molar-refractivity contribution is 6.31. The number of nitrogens with zero attached hydrogens (tertiary/aromatic N) is 2. The number of nitrogens with one attached hydrogen (secondary N) is 1. The lowest BCUT2D eigenvalue weighted by molar-refractivity contribution is -0.117. The molecule has 1 saturated heterocycles. The third-order valence-corrected chi connectivity index (χ3v) is 5.20. The summed E-state index contributed by atoms with van der Waals surface area (Å²) in [4.78, 5) is 28.1. The Bertz CT molecular complexity index is 865. The van der Waals surface area contributed by atoms with Gasteiger partial charge in [0.25, 0.3) is 0 Å². The number of halogens is 2. The fraction of sp³-hybridized carbons (Fsp3) is 0.333. The van der Waals surface area contributed by atoms with E-state index in [1.54, 1.807) is 36.4 Å². The first-order chi connectivity index (χ1) is 14.0. The zero-order chi connectivity index (χ0) is 20.8. The van der Waals surface area contributed by atoms with E-state index in [1.165, 1.54) is 13.2 Å². The highest BCUT2D eigenvalue weighted by Gasteiger charge is 2.21. The van der Waals surface area contributed by atoms with Gasteiger partial charge in [-0.2, -0.15) is 0 Å². The number of carbonyl (C=O) groups is 2. The molecule has 1 aliphatic rings. The SMILES string of the molecule is COC(=O)c1cccc(NC(=O)CN2CCN(Cc3c(F)cccc3Cl)CC2)c1. The Morgan fingerprint density at radius 1 is 1.10 bits per heavy atom. The minimum Gasteiger partial charge on any atom is -0.465 e. The highest BCUT2D eigenvalue weighted by atomic mass is 35.5. The first kappa shape index (κ1) is 21.2. The smallest absolute Gasteiger partial charge is 0.337 e. The van der Waals surface area contributed by atoms with Crippen LogP contribution in [0.3, 0.4) is 0 Å². The quantitative estimate of drug-likeness (QED) is 0.729. The Labute approximate surface area is 174 Å². The molecule has 0 bridgehead atoms. The van der Waals surface area contributed by atoms with Crippen molar-refractivity contribution in [1.29, 1.82) is 0 Å². The number of hydrogen-bond acceptors (Lipinski definition) is 5. The molecule has 3 rings (SSSR count). The van der Waals surface area contributed by atoms with E-state index in [2.05, 4.69) is 15.0 Å². The Hall–Kier alpha value is -2.48. The van der Waals surface area contributed by atoms with Gasteiger partial charge in [-0.1, -0.05) is 23.7 Å². The lowest BCUT2D eigenvalue weighted by atomic mass is 10.2. The lowest BCUT2D eigenvalue weighted by Gasteiger charge is -2.34. The molecule has 1 heterocycles. The van der Waals surface area contributed by atoms with Crippen LogP contribution in [0.1, 0.15) is 15.9 Å². The van der Waals surface area contributed by atoms with E-state index in [-0.39, 0.29) is 18.3 Å². The number of esters is 1. The second-order valence-corrected chi connectivity index (χ2v) is 7.28. The van der Waals surface area contributed by atoms with Gasteiger partial charge in [-0.05, 0) is 30.3 Å². The minimum atomic E-state index is -0.452. The Morgan fingerprint density at radius 3 is 2.48 bits per heavy atom. The van der Waals surface area contributed by atoms with Crippen molar-refractivity contribution in [2.75, 3.05) is 45.2 Å². The van der Waals surface area contributed by atoms with Crippen molar-refractivity contribution in [1.82, 2.24) is 9.80 Å². The number of anilines is 1. The molecule has 0 atom stereocenters. The van der Waals surface area contributed by atoms with Crippen molar-refractivity contribution in [2.24, 2.45) is 0 Å². The van der Waals surface area contributed by atoms with Gasteiger partial charge >= 0.3 is 5.97 Å². The molecule has 0 aliphatic carbocycles. The van der Waals surface area contributed by atoms with Crippen molar-refractivity contribution in [3.63, 3.8) is 0 Å². The van der Waals surface area contributed by atoms with Crippen molar-refractivity contribution < 1.29 is 18.7 Å². The molecule has 1 N–H and O–H groups in total. The molecule has 8 heteroatoms. The van der Waals surface area contributed by atoms with Crippen LogP contribution >= 0.6 is 11.6 Å². The number of rotatable bonds is 6. The van der Waals surface area contributed by atoms with E-state index in [4.69, 9.17) is 11.6 Å². The summed E-state index contributed by atoms with van der Waals surface area (Å²) in [5.74, 6) is -0.904. The number of carbonyl (C=O) groups excluding carboxylic acids is 2. The molecule has 0 radical (unpaired) electrons. The number of piperazine rings is 1. The summed E-state index contributed by atoms with van der Waals surface area (Å²) in [6.07, 6.45) is 0. The molecule has 0 unspecified atom stereocenters. The highest BCUT2D eigenvalue weighted by Crippen LogP contribution is 2.21. The summed E-state index contributed by atoms with van der Waals surface area (Å²) >= 11 is 6.10. The van der Waals surface area contributed by atoms with Crippen molar-refractivity contribution >= 4 is 29.2 Å². The van der Waals surface area contributed by atoms with Crippen LogP contribution < -0.4 is 5.32 Å². The van der Waals surface area contributed by atoms with Gasteiger partial charge < -0.3 is 10.1 Å². The van der Waals surface area contributed by atoms with E-state index < -0.39 is 5.97 Å². The predicted molar refractivity (Wildman–Crippen MR) is 110 cm³/mol. The van der Waals surface area contributed by atoms with Gasteiger partial charge in [0, 0.05) is 49.0 Å². The Kier molecular flexibility index (Phi) is 7.19. The Morgan fingerprint density at radius 2 is 1.79 bits per heavy atom. The molecule has 154 valence electrons. The molecule has 2 aromatic rings. The van der Waals surface area contributed by atoms with E-state index in [9.17, 15) is 14.0 Å². The number of amides is 1. The summed E-state index contributed by atoms with van der Waals surface area (Å²) < 4.78 is 18.6. The molecule has 2 aromatic carbocycles. The van der Waals surface area contributed by atoms with Crippen LogP contribution in [0.25, 0.3) is 0 Å². The van der Waals surface area contributed by atoms with Crippen LogP contribution in [-0.2, 0) is 16.1 Å². The molecule has 29 heavy (non-hydrogen) atoms. The fourth-order valence-electron chi connectivity index (χ4n) is 3.26. The van der Waals surface area contributed by atoms with Crippen LogP contribution in [-0.4, -0.2) is 61.5 Å². The van der Waals surface area contributed by atoms with Gasteiger partial charge in [-0.15, -0.1) is 0 Å². The minimum absolute atomic E-state index is 0.155. The molecule has 1 fully saturated rings. The summed E-state index contributed by atoms with van der Waals surface area (Å²) in [6.45, 7) is 3.53. The summed E-state index contributed by atoms with van der Waals surface area (Å²) in [6, 6.07) is 11.3. The van der Waals surface area contributed by atoms with Gasteiger partial charge in [0.15, 0.2) is 0 Å². The molecule has 0 saturated carbocycles. The van der Waals surface area contributed by atoms with Gasteiger partial charge in [-0.25, -0.2) is 9.18 Å². The molecule has 1 amide bonds. The fourth-order valence-corrected chi connectivity index (χ4v) is 3.48. The predicted octanol–water partition coefficient (Wildman–Crippen LogP) is 3.02.